The monoisotopic (exact) mass is 475 g/mol. The number of β-amino-alcohol motifs (C(OH)–C–C–N with tert-alkyl or cyclic N) is 1. The number of imidazole rings is 1. The molecule has 1 aliphatic heterocycles. The van der Waals surface area contributed by atoms with E-state index < -0.39 is 6.10 Å². The Morgan fingerprint density at radius 1 is 1.06 bits per heavy atom. The molecule has 0 radical (unpaired) electrons. The molecule has 2 amide bonds. The third-order valence-electron chi connectivity index (χ3n) is 7.10. The highest BCUT2D eigenvalue weighted by Crippen LogP contribution is 2.25. The topological polar surface area (TPSA) is 99.0 Å². The van der Waals surface area contributed by atoms with Crippen molar-refractivity contribution in [2.24, 2.45) is 5.92 Å². The second-order valence-electron chi connectivity index (χ2n) is 9.75. The van der Waals surface area contributed by atoms with Gasteiger partial charge in [0.2, 0.25) is 5.91 Å². The van der Waals surface area contributed by atoms with Crippen LogP contribution >= 0.6 is 0 Å². The zero-order chi connectivity index (χ0) is 24.2. The molecule has 3 N–H and O–H groups in total. The second kappa shape index (κ2) is 10.6. The fourth-order valence-electron chi connectivity index (χ4n) is 5.16. The van der Waals surface area contributed by atoms with Crippen LogP contribution in [0.5, 0.6) is 0 Å². The van der Waals surface area contributed by atoms with E-state index in [1.807, 2.05) is 12.1 Å². The molecule has 1 fully saturated rings. The number of aliphatic hydroxyl groups excluding tert-OH is 1. The van der Waals surface area contributed by atoms with Crippen LogP contribution in [0.3, 0.4) is 0 Å². The van der Waals surface area contributed by atoms with E-state index in [-0.39, 0.29) is 30.0 Å². The highest BCUT2D eigenvalue weighted by atomic mass is 16.3. The first-order valence-electron chi connectivity index (χ1n) is 12.6. The number of hydrogen-bond donors (Lipinski definition) is 3. The number of aromatic nitrogens is 2. The largest absolute Gasteiger partial charge is 0.390 e. The van der Waals surface area contributed by atoms with Crippen LogP contribution in [-0.2, 0) is 17.8 Å². The minimum absolute atomic E-state index is 0.0633. The SMILES string of the molecule is O=C(NC[C@H](O)CN1CCc2ccccc2C1)c1cn2cc(NC(=O)C3CCCCC3)ccc2n1. The van der Waals surface area contributed by atoms with Gasteiger partial charge >= 0.3 is 0 Å². The summed E-state index contributed by atoms with van der Waals surface area (Å²) in [4.78, 5) is 31.8. The van der Waals surface area contributed by atoms with E-state index in [0.717, 1.165) is 45.2 Å². The number of amides is 2. The Morgan fingerprint density at radius 2 is 1.86 bits per heavy atom. The number of benzene rings is 1. The lowest BCUT2D eigenvalue weighted by molar-refractivity contribution is -0.120. The summed E-state index contributed by atoms with van der Waals surface area (Å²) >= 11 is 0. The van der Waals surface area contributed by atoms with Gasteiger partial charge in [0.15, 0.2) is 0 Å². The molecule has 35 heavy (non-hydrogen) atoms. The predicted molar refractivity (Wildman–Crippen MR) is 134 cm³/mol. The lowest BCUT2D eigenvalue weighted by Crippen LogP contribution is -2.42. The van der Waals surface area contributed by atoms with Crippen molar-refractivity contribution in [3.05, 3.63) is 65.6 Å². The standard InChI is InChI=1S/C27H33N5O3/c33-23(17-31-13-12-19-6-4-5-9-21(19)15-31)14-28-27(35)24-18-32-16-22(10-11-25(32)30-24)29-26(34)20-7-2-1-3-8-20/h4-6,9-11,16,18,20,23,33H,1-3,7-8,12-15,17H2,(H,28,35)(H,29,34)/t23-/m0/s1. The molecule has 0 spiro atoms. The first-order chi connectivity index (χ1) is 17.0. The van der Waals surface area contributed by atoms with Gasteiger partial charge in [0, 0.05) is 44.5 Å². The maximum absolute atomic E-state index is 12.7. The summed E-state index contributed by atoms with van der Waals surface area (Å²) in [5.41, 5.74) is 4.26. The molecule has 2 aliphatic rings. The maximum Gasteiger partial charge on any atom is 0.271 e. The van der Waals surface area contributed by atoms with Crippen molar-refractivity contribution < 1.29 is 14.7 Å². The number of nitrogens with zero attached hydrogens (tertiary/aromatic N) is 3. The molecule has 0 bridgehead atoms. The average Bonchev–Trinajstić information content (AvgIpc) is 3.31. The summed E-state index contributed by atoms with van der Waals surface area (Å²) in [5, 5.41) is 16.3. The van der Waals surface area contributed by atoms with Crippen LogP contribution in [0.2, 0.25) is 0 Å². The summed E-state index contributed by atoms with van der Waals surface area (Å²) in [7, 11) is 0. The number of pyridine rings is 1. The van der Waals surface area contributed by atoms with Crippen molar-refractivity contribution in [3.63, 3.8) is 0 Å². The molecule has 184 valence electrons. The highest BCUT2D eigenvalue weighted by Gasteiger charge is 2.22. The van der Waals surface area contributed by atoms with Crippen LogP contribution in [0.25, 0.3) is 5.65 Å². The van der Waals surface area contributed by atoms with E-state index >= 15 is 0 Å². The van der Waals surface area contributed by atoms with E-state index in [2.05, 4.69) is 38.7 Å². The smallest absolute Gasteiger partial charge is 0.271 e. The molecule has 8 nitrogen and oxygen atoms in total. The Labute approximate surface area is 205 Å². The quantitative estimate of drug-likeness (QED) is 0.488. The summed E-state index contributed by atoms with van der Waals surface area (Å²) in [6.45, 7) is 2.37. The first kappa shape index (κ1) is 23.5. The van der Waals surface area contributed by atoms with Crippen LogP contribution in [-0.4, -0.2) is 56.9 Å². The Hall–Kier alpha value is -3.23. The van der Waals surface area contributed by atoms with Gasteiger partial charge in [-0.05, 0) is 42.5 Å². The Kier molecular flexibility index (Phi) is 7.11. The van der Waals surface area contributed by atoms with Gasteiger partial charge in [0.05, 0.1) is 11.8 Å². The fraction of sp³-hybridized carbons (Fsp3) is 0.444. The van der Waals surface area contributed by atoms with Gasteiger partial charge in [-0.2, -0.15) is 0 Å². The number of aliphatic hydroxyl groups is 1. The normalized spacial score (nSPS) is 17.6. The number of carbonyl (C=O) groups excluding carboxylic acids is 2. The van der Waals surface area contributed by atoms with Gasteiger partial charge in [0.1, 0.15) is 11.3 Å². The van der Waals surface area contributed by atoms with Crippen LogP contribution in [0.15, 0.2) is 48.8 Å². The van der Waals surface area contributed by atoms with Crippen LogP contribution < -0.4 is 10.6 Å². The lowest BCUT2D eigenvalue weighted by Gasteiger charge is -2.30. The third kappa shape index (κ3) is 5.71. The van der Waals surface area contributed by atoms with Gasteiger partial charge in [-0.15, -0.1) is 0 Å². The zero-order valence-electron chi connectivity index (χ0n) is 19.9. The van der Waals surface area contributed by atoms with Crippen molar-refractivity contribution in [3.8, 4) is 0 Å². The molecule has 1 aromatic carbocycles. The van der Waals surface area contributed by atoms with Crippen molar-refractivity contribution in [1.82, 2.24) is 19.6 Å². The van der Waals surface area contributed by atoms with Crippen LogP contribution in [0, 0.1) is 5.92 Å². The summed E-state index contributed by atoms with van der Waals surface area (Å²) in [6.07, 6.45) is 9.05. The number of carbonyl (C=O) groups is 2. The lowest BCUT2D eigenvalue weighted by atomic mass is 9.88. The number of anilines is 1. The molecule has 1 atom stereocenters. The number of fused-ring (bicyclic) bond motifs is 2. The third-order valence-corrected chi connectivity index (χ3v) is 7.10. The van der Waals surface area contributed by atoms with Crippen LogP contribution in [0.1, 0.15) is 53.7 Å². The average molecular weight is 476 g/mol. The van der Waals surface area contributed by atoms with Gasteiger partial charge in [-0.25, -0.2) is 4.98 Å². The van der Waals surface area contributed by atoms with Crippen molar-refractivity contribution >= 4 is 23.1 Å². The Bertz CT molecular complexity index is 1200. The van der Waals surface area contributed by atoms with E-state index in [4.69, 9.17) is 0 Å². The summed E-state index contributed by atoms with van der Waals surface area (Å²) < 4.78 is 1.74. The minimum Gasteiger partial charge on any atom is -0.390 e. The molecule has 2 aromatic heterocycles. The van der Waals surface area contributed by atoms with Gasteiger partial charge < -0.3 is 20.1 Å². The molecule has 8 heteroatoms. The summed E-state index contributed by atoms with van der Waals surface area (Å²) in [6, 6.07) is 12.0. The van der Waals surface area contributed by atoms with E-state index in [9.17, 15) is 14.7 Å². The van der Waals surface area contributed by atoms with Gasteiger partial charge in [0.25, 0.3) is 5.91 Å². The predicted octanol–water partition coefficient (Wildman–Crippen LogP) is 3.00. The van der Waals surface area contributed by atoms with Crippen molar-refractivity contribution in [1.29, 1.82) is 0 Å². The Balaban J connectivity index is 1.13. The molecule has 0 saturated heterocycles. The van der Waals surface area contributed by atoms with E-state index in [1.165, 1.54) is 17.5 Å². The molecule has 1 saturated carbocycles. The first-order valence-corrected chi connectivity index (χ1v) is 12.6. The van der Waals surface area contributed by atoms with Crippen LogP contribution in [0.4, 0.5) is 5.69 Å². The minimum atomic E-state index is -0.664. The molecule has 3 aromatic rings. The molecule has 0 unspecified atom stereocenters. The zero-order valence-corrected chi connectivity index (χ0v) is 19.9. The molecular weight excluding hydrogens is 442 g/mol. The molecule has 5 rings (SSSR count). The van der Waals surface area contributed by atoms with Gasteiger partial charge in [-0.3, -0.25) is 14.5 Å². The molecule has 3 heterocycles. The van der Waals surface area contributed by atoms with E-state index in [0.29, 0.717) is 17.9 Å². The number of rotatable bonds is 7. The van der Waals surface area contributed by atoms with Crippen molar-refractivity contribution in [2.75, 3.05) is 25.0 Å². The highest BCUT2D eigenvalue weighted by molar-refractivity contribution is 5.94. The number of hydrogen-bond acceptors (Lipinski definition) is 5. The molecule has 1 aliphatic carbocycles. The van der Waals surface area contributed by atoms with Crippen molar-refractivity contribution in [2.45, 2.75) is 51.2 Å². The maximum atomic E-state index is 12.7. The van der Waals surface area contributed by atoms with Gasteiger partial charge in [-0.1, -0.05) is 43.5 Å². The Morgan fingerprint density at radius 3 is 2.69 bits per heavy atom. The second-order valence-corrected chi connectivity index (χ2v) is 9.75. The summed E-state index contributed by atoms with van der Waals surface area (Å²) in [5.74, 6) is -0.187. The fourth-order valence-corrected chi connectivity index (χ4v) is 5.16. The van der Waals surface area contributed by atoms with E-state index in [1.54, 1.807) is 22.9 Å². The number of nitrogens with one attached hydrogen (secondary N) is 2. The molecular formula is C27H33N5O3.